The molecule has 0 aliphatic heterocycles. The van der Waals surface area contributed by atoms with E-state index in [4.69, 9.17) is 10.8 Å². The van der Waals surface area contributed by atoms with E-state index in [9.17, 15) is 13.2 Å². The highest BCUT2D eigenvalue weighted by atomic mass is 32.2. The van der Waals surface area contributed by atoms with Gasteiger partial charge in [-0.05, 0) is 36.7 Å². The minimum Gasteiger partial charge on any atom is -0.478 e. The molecule has 0 amide bonds. The SMILES string of the molecule is NCCCNS(=O)(=O)c1ccc(C=CC(=O)O)cc1. The topological polar surface area (TPSA) is 109 Å². The Morgan fingerprint density at radius 2 is 1.95 bits per heavy atom. The van der Waals surface area contributed by atoms with Gasteiger partial charge in [-0.2, -0.15) is 0 Å². The molecule has 0 aromatic heterocycles. The largest absolute Gasteiger partial charge is 0.478 e. The average molecular weight is 284 g/mol. The fourth-order valence-electron chi connectivity index (χ4n) is 1.32. The number of carbonyl (C=O) groups is 1. The van der Waals surface area contributed by atoms with Gasteiger partial charge in [0.25, 0.3) is 0 Å². The first-order valence-electron chi connectivity index (χ1n) is 5.66. The van der Waals surface area contributed by atoms with E-state index in [1.54, 1.807) is 0 Å². The average Bonchev–Trinajstić information content (AvgIpc) is 2.37. The van der Waals surface area contributed by atoms with Crippen LogP contribution in [-0.4, -0.2) is 32.6 Å². The second-order valence-electron chi connectivity index (χ2n) is 3.78. The third-order valence-corrected chi connectivity index (χ3v) is 3.76. The van der Waals surface area contributed by atoms with Gasteiger partial charge in [-0.1, -0.05) is 12.1 Å². The van der Waals surface area contributed by atoms with Crippen molar-refractivity contribution in [3.8, 4) is 0 Å². The number of hydrogen-bond acceptors (Lipinski definition) is 4. The van der Waals surface area contributed by atoms with E-state index in [0.29, 0.717) is 25.1 Å². The number of nitrogens with one attached hydrogen (secondary N) is 1. The summed E-state index contributed by atoms with van der Waals surface area (Å²) in [6.07, 6.45) is 2.95. The molecule has 6 nitrogen and oxygen atoms in total. The van der Waals surface area contributed by atoms with E-state index < -0.39 is 16.0 Å². The lowest BCUT2D eigenvalue weighted by molar-refractivity contribution is -0.131. The van der Waals surface area contributed by atoms with Crippen molar-refractivity contribution in [2.45, 2.75) is 11.3 Å². The molecule has 4 N–H and O–H groups in total. The van der Waals surface area contributed by atoms with Gasteiger partial charge in [0, 0.05) is 12.6 Å². The highest BCUT2D eigenvalue weighted by Crippen LogP contribution is 2.11. The van der Waals surface area contributed by atoms with Crippen molar-refractivity contribution in [1.29, 1.82) is 0 Å². The summed E-state index contributed by atoms with van der Waals surface area (Å²) in [5.41, 5.74) is 5.90. The first-order valence-corrected chi connectivity index (χ1v) is 7.15. The maximum atomic E-state index is 11.8. The number of sulfonamides is 1. The van der Waals surface area contributed by atoms with Gasteiger partial charge in [0.15, 0.2) is 0 Å². The Labute approximate surface area is 112 Å². The number of nitrogens with two attached hydrogens (primary N) is 1. The van der Waals surface area contributed by atoms with Crippen LogP contribution in [0.2, 0.25) is 0 Å². The molecule has 0 atom stereocenters. The molecule has 0 heterocycles. The minimum absolute atomic E-state index is 0.136. The molecule has 0 saturated carbocycles. The summed E-state index contributed by atoms with van der Waals surface area (Å²) in [4.78, 5) is 10.5. The van der Waals surface area contributed by atoms with E-state index in [0.717, 1.165) is 6.08 Å². The van der Waals surface area contributed by atoms with Gasteiger partial charge in [0.2, 0.25) is 10.0 Å². The Bertz CT molecular complexity index is 550. The van der Waals surface area contributed by atoms with Gasteiger partial charge in [-0.15, -0.1) is 0 Å². The Hall–Kier alpha value is -1.70. The van der Waals surface area contributed by atoms with Crippen LogP contribution >= 0.6 is 0 Å². The lowest BCUT2D eigenvalue weighted by Crippen LogP contribution is -2.26. The highest BCUT2D eigenvalue weighted by molar-refractivity contribution is 7.89. The van der Waals surface area contributed by atoms with E-state index in [1.165, 1.54) is 30.3 Å². The van der Waals surface area contributed by atoms with E-state index in [-0.39, 0.29) is 4.90 Å². The standard InChI is InChI=1S/C12H16N2O4S/c13-8-1-9-14-19(17,18)11-5-2-10(3-6-11)4-7-12(15)16/h2-7,14H,1,8-9,13H2,(H,15,16). The molecule has 7 heteroatoms. The molecule has 0 saturated heterocycles. The number of benzene rings is 1. The molecule has 19 heavy (non-hydrogen) atoms. The number of aliphatic carboxylic acids is 1. The Balaban J connectivity index is 2.77. The van der Waals surface area contributed by atoms with Gasteiger partial charge in [0.1, 0.15) is 0 Å². The summed E-state index contributed by atoms with van der Waals surface area (Å²) >= 11 is 0. The van der Waals surface area contributed by atoms with Crippen LogP contribution in [0.5, 0.6) is 0 Å². The van der Waals surface area contributed by atoms with E-state index in [2.05, 4.69) is 4.72 Å². The predicted octanol–water partition coefficient (Wildman–Crippen LogP) is 0.412. The zero-order chi connectivity index (χ0) is 14.3. The Morgan fingerprint density at radius 1 is 1.32 bits per heavy atom. The normalized spacial score (nSPS) is 11.8. The van der Waals surface area contributed by atoms with Crippen molar-refractivity contribution in [2.75, 3.05) is 13.1 Å². The number of carboxylic acid groups (broad SMARTS) is 1. The first-order chi connectivity index (χ1) is 8.95. The van der Waals surface area contributed by atoms with Crippen molar-refractivity contribution in [3.63, 3.8) is 0 Å². The van der Waals surface area contributed by atoms with Crippen LogP contribution < -0.4 is 10.5 Å². The van der Waals surface area contributed by atoms with Crippen LogP contribution in [0.15, 0.2) is 35.2 Å². The molecule has 1 rings (SSSR count). The molecule has 1 aromatic rings. The molecule has 0 aliphatic carbocycles. The summed E-state index contributed by atoms with van der Waals surface area (Å²) in [6, 6.07) is 5.92. The van der Waals surface area contributed by atoms with Crippen molar-refractivity contribution >= 4 is 22.1 Å². The lowest BCUT2D eigenvalue weighted by atomic mass is 10.2. The van der Waals surface area contributed by atoms with Crippen molar-refractivity contribution < 1.29 is 18.3 Å². The molecule has 104 valence electrons. The quantitative estimate of drug-likeness (QED) is 0.496. The zero-order valence-electron chi connectivity index (χ0n) is 10.2. The molecular weight excluding hydrogens is 268 g/mol. The van der Waals surface area contributed by atoms with Gasteiger partial charge in [0.05, 0.1) is 4.90 Å². The van der Waals surface area contributed by atoms with Crippen LogP contribution in [0.3, 0.4) is 0 Å². The van der Waals surface area contributed by atoms with Gasteiger partial charge < -0.3 is 10.8 Å². The molecule has 0 fully saturated rings. The van der Waals surface area contributed by atoms with Crippen LogP contribution in [0, 0.1) is 0 Å². The third kappa shape index (κ3) is 5.21. The Morgan fingerprint density at radius 3 is 2.47 bits per heavy atom. The molecular formula is C12H16N2O4S. The molecule has 0 bridgehead atoms. The summed E-state index contributed by atoms with van der Waals surface area (Å²) in [6.45, 7) is 0.709. The fourth-order valence-corrected chi connectivity index (χ4v) is 2.39. The maximum Gasteiger partial charge on any atom is 0.328 e. The van der Waals surface area contributed by atoms with Crippen LogP contribution in [0.25, 0.3) is 6.08 Å². The van der Waals surface area contributed by atoms with Crippen molar-refractivity contribution in [2.24, 2.45) is 5.73 Å². The molecule has 0 radical (unpaired) electrons. The summed E-state index contributed by atoms with van der Waals surface area (Å²) in [5, 5.41) is 8.48. The number of carboxylic acids is 1. The molecule has 0 spiro atoms. The van der Waals surface area contributed by atoms with Crippen molar-refractivity contribution in [1.82, 2.24) is 4.72 Å². The minimum atomic E-state index is -3.53. The molecule has 0 aliphatic rings. The third-order valence-electron chi connectivity index (χ3n) is 2.28. The van der Waals surface area contributed by atoms with Crippen molar-refractivity contribution in [3.05, 3.63) is 35.9 Å². The predicted molar refractivity (Wildman–Crippen MR) is 72.0 cm³/mol. The zero-order valence-corrected chi connectivity index (χ0v) is 11.1. The smallest absolute Gasteiger partial charge is 0.328 e. The molecule has 0 unspecified atom stereocenters. The van der Waals surface area contributed by atoms with Gasteiger partial charge in [-0.25, -0.2) is 17.9 Å². The fraction of sp³-hybridized carbons (Fsp3) is 0.250. The summed E-state index contributed by atoms with van der Waals surface area (Å²) in [7, 11) is -3.53. The second kappa shape index (κ2) is 7.03. The Kier molecular flexibility index (Phi) is 5.68. The first kappa shape index (κ1) is 15.4. The van der Waals surface area contributed by atoms with Crippen LogP contribution in [0.4, 0.5) is 0 Å². The van der Waals surface area contributed by atoms with Gasteiger partial charge in [-0.3, -0.25) is 0 Å². The monoisotopic (exact) mass is 284 g/mol. The van der Waals surface area contributed by atoms with Crippen LogP contribution in [0.1, 0.15) is 12.0 Å². The highest BCUT2D eigenvalue weighted by Gasteiger charge is 2.12. The number of rotatable bonds is 7. The lowest BCUT2D eigenvalue weighted by Gasteiger charge is -2.06. The number of hydrogen-bond donors (Lipinski definition) is 3. The maximum absolute atomic E-state index is 11.8. The second-order valence-corrected chi connectivity index (χ2v) is 5.55. The van der Waals surface area contributed by atoms with Crippen LogP contribution in [-0.2, 0) is 14.8 Å². The van der Waals surface area contributed by atoms with Gasteiger partial charge >= 0.3 is 5.97 Å². The molecule has 1 aromatic carbocycles. The summed E-state index contributed by atoms with van der Waals surface area (Å²) < 4.78 is 26.1. The summed E-state index contributed by atoms with van der Waals surface area (Å²) in [5.74, 6) is -1.06. The van der Waals surface area contributed by atoms with E-state index in [1.807, 2.05) is 0 Å². The van der Waals surface area contributed by atoms with E-state index >= 15 is 0 Å².